The lowest BCUT2D eigenvalue weighted by Crippen LogP contribution is -3.12. The van der Waals surface area contributed by atoms with Crippen molar-refractivity contribution in [1.29, 1.82) is 0 Å². The highest BCUT2D eigenvalue weighted by molar-refractivity contribution is 7.43. The lowest BCUT2D eigenvalue weighted by Gasteiger charge is -2.32. The molecule has 0 saturated carbocycles. The summed E-state index contributed by atoms with van der Waals surface area (Å²) in [6, 6.07) is 0. The Morgan fingerprint density at radius 2 is 1.00 bits per heavy atom. The molecule has 0 bridgehead atoms. The molecule has 24 heavy (non-hydrogen) atoms. The molecule has 0 spiro atoms. The molecule has 0 amide bonds. The predicted molar refractivity (Wildman–Crippen MR) is 82.5 cm³/mol. The Labute approximate surface area is 144 Å². The average Bonchev–Trinajstić information content (AvgIpc) is 2.44. The number of hydrogen-bond acceptors (Lipinski definition) is 8. The van der Waals surface area contributed by atoms with Crippen LogP contribution in [0, 0.1) is 0 Å². The third-order valence-electron chi connectivity index (χ3n) is 3.07. The van der Waals surface area contributed by atoms with Gasteiger partial charge in [0, 0.05) is 0 Å². The Kier molecular flexibility index (Phi) is 17.0. The maximum atomic E-state index is 9.59. The van der Waals surface area contributed by atoms with E-state index >= 15 is 0 Å². The molecule has 0 saturated heterocycles. The van der Waals surface area contributed by atoms with E-state index in [2.05, 4.69) is 29.8 Å². The molecular weight excluding hydrogens is 360 g/mol. The average molecular weight is 390 g/mol. The fourth-order valence-electron chi connectivity index (χ4n) is 1.81. The molecule has 0 unspecified atom stereocenters. The van der Waals surface area contributed by atoms with Crippen molar-refractivity contribution in [1.82, 2.24) is 0 Å². The molecule has 0 aliphatic carbocycles. The van der Waals surface area contributed by atoms with Gasteiger partial charge in [0.05, 0.1) is 35.3 Å². The van der Waals surface area contributed by atoms with Gasteiger partial charge in [-0.3, -0.25) is 0 Å². The first-order chi connectivity index (χ1) is 11.1. The van der Waals surface area contributed by atoms with Gasteiger partial charge >= 0.3 is 0 Å². The standard InChI is InChI=1S/C12H27N.CH6O8P2/c1-4-7-10-13(11-8-5-2)12-9-6-3;2-10(3,4)8-1-9-11(5,6)7/h4-12H2,1-3H3;1H2,(H2,2,3,4)(H2,5,6,7)/p-3. The van der Waals surface area contributed by atoms with Crippen LogP contribution in [0.3, 0.4) is 0 Å². The van der Waals surface area contributed by atoms with Crippen molar-refractivity contribution in [2.75, 3.05) is 26.4 Å². The van der Waals surface area contributed by atoms with Crippen LogP contribution in [0.1, 0.15) is 59.3 Å². The molecule has 148 valence electrons. The van der Waals surface area contributed by atoms with Gasteiger partial charge in [0.15, 0.2) is 6.79 Å². The second-order valence-corrected chi connectivity index (χ2v) is 7.64. The molecule has 0 fully saturated rings. The number of nitrogens with one attached hydrogen (secondary N) is 1. The first-order valence-corrected chi connectivity index (χ1v) is 11.1. The highest BCUT2D eigenvalue weighted by atomic mass is 31.2. The summed E-state index contributed by atoms with van der Waals surface area (Å²) in [6.45, 7) is 9.66. The summed E-state index contributed by atoms with van der Waals surface area (Å²) in [5.41, 5.74) is 0. The lowest BCUT2D eigenvalue weighted by molar-refractivity contribution is -0.900. The second kappa shape index (κ2) is 15.4. The van der Waals surface area contributed by atoms with Crippen LogP contribution in [0.25, 0.3) is 0 Å². The third kappa shape index (κ3) is 24.4. The van der Waals surface area contributed by atoms with Gasteiger partial charge in [-0.25, -0.2) is 0 Å². The summed E-state index contributed by atoms with van der Waals surface area (Å²) in [6.07, 6.45) is 8.26. The van der Waals surface area contributed by atoms with Crippen molar-refractivity contribution in [3.05, 3.63) is 0 Å². The summed E-state index contributed by atoms with van der Waals surface area (Å²) < 4.78 is 25.7. The largest absolute Gasteiger partial charge is 0.790 e. The van der Waals surface area contributed by atoms with Crippen LogP contribution in [0.5, 0.6) is 0 Å². The molecule has 0 atom stereocenters. The predicted octanol–water partition coefficient (Wildman–Crippen LogP) is -1.09. The molecule has 9 nitrogen and oxygen atoms in total. The van der Waals surface area contributed by atoms with E-state index < -0.39 is 22.4 Å². The normalized spacial score (nSPS) is 12.2. The molecule has 0 rings (SSSR count). The first-order valence-electron chi connectivity index (χ1n) is 8.22. The van der Waals surface area contributed by atoms with Gasteiger partial charge in [-0.15, -0.1) is 0 Å². The zero-order valence-corrected chi connectivity index (χ0v) is 16.5. The molecule has 0 radical (unpaired) electrons. The van der Waals surface area contributed by atoms with Crippen molar-refractivity contribution in [3.8, 4) is 0 Å². The maximum Gasteiger partial charge on any atom is 0.156 e. The summed E-state index contributed by atoms with van der Waals surface area (Å²) in [5.74, 6) is 0. The van der Waals surface area contributed by atoms with Gasteiger partial charge in [-0.1, -0.05) is 40.0 Å². The van der Waals surface area contributed by atoms with Crippen LogP contribution < -0.4 is 24.5 Å². The third-order valence-corrected chi connectivity index (χ3v) is 3.92. The number of phosphoric ester groups is 2. The fourth-order valence-corrected chi connectivity index (χ4v) is 2.25. The van der Waals surface area contributed by atoms with E-state index in [1.54, 1.807) is 0 Å². The molecule has 1 N–H and O–H groups in total. The summed E-state index contributed by atoms with van der Waals surface area (Å²) in [5, 5.41) is 0. The maximum absolute atomic E-state index is 9.59. The minimum atomic E-state index is -5.28. The first kappa shape index (κ1) is 26.4. The Morgan fingerprint density at radius 3 is 1.21 bits per heavy atom. The van der Waals surface area contributed by atoms with E-state index in [9.17, 15) is 28.7 Å². The van der Waals surface area contributed by atoms with E-state index in [1.807, 2.05) is 4.90 Å². The molecule has 0 aromatic rings. The zero-order valence-electron chi connectivity index (χ0n) is 14.7. The number of quaternary nitrogens is 1. The topological polar surface area (TPSA) is 149 Å². The van der Waals surface area contributed by atoms with Crippen LogP contribution >= 0.6 is 15.6 Å². The number of rotatable bonds is 13. The van der Waals surface area contributed by atoms with Crippen LogP contribution in [-0.4, -0.2) is 26.4 Å². The lowest BCUT2D eigenvalue weighted by atomic mass is 10.2. The minimum Gasteiger partial charge on any atom is -0.790 e. The van der Waals surface area contributed by atoms with Gasteiger partial charge in [-0.2, -0.15) is 0 Å². The van der Waals surface area contributed by atoms with Crippen molar-refractivity contribution in [2.24, 2.45) is 0 Å². The highest BCUT2D eigenvalue weighted by Crippen LogP contribution is 2.29. The number of phosphoric acid groups is 2. The fraction of sp³-hybridized carbons (Fsp3) is 1.00. The molecule has 0 aromatic heterocycles. The number of hydrogen-bond donors (Lipinski definition) is 1. The summed E-state index contributed by atoms with van der Waals surface area (Å²) in [7, 11) is -10.6. The summed E-state index contributed by atoms with van der Waals surface area (Å²) in [4.78, 5) is 40.2. The molecule has 11 heteroatoms. The van der Waals surface area contributed by atoms with Crippen molar-refractivity contribution >= 4 is 15.6 Å². The van der Waals surface area contributed by atoms with E-state index in [4.69, 9.17) is 0 Å². The molecule has 0 heterocycles. The van der Waals surface area contributed by atoms with E-state index in [0.29, 0.717) is 0 Å². The van der Waals surface area contributed by atoms with E-state index in [0.717, 1.165) is 0 Å². The molecule has 0 aromatic carbocycles. The van der Waals surface area contributed by atoms with Crippen LogP contribution in [0.2, 0.25) is 0 Å². The molecule has 0 aliphatic rings. The Morgan fingerprint density at radius 1 is 0.708 bits per heavy atom. The second-order valence-electron chi connectivity index (χ2n) is 5.33. The van der Waals surface area contributed by atoms with E-state index in [1.165, 1.54) is 58.2 Å². The van der Waals surface area contributed by atoms with Crippen molar-refractivity contribution < 1.29 is 42.7 Å². The smallest absolute Gasteiger partial charge is 0.156 e. The molecule has 0 aliphatic heterocycles. The van der Waals surface area contributed by atoms with Crippen molar-refractivity contribution in [3.63, 3.8) is 0 Å². The highest BCUT2D eigenvalue weighted by Gasteiger charge is 2.05. The van der Waals surface area contributed by atoms with Gasteiger partial charge in [0.25, 0.3) is 0 Å². The minimum absolute atomic E-state index is 1.35. The van der Waals surface area contributed by atoms with Gasteiger partial charge in [-0.05, 0) is 19.3 Å². The Balaban J connectivity index is 0. The quantitative estimate of drug-likeness (QED) is 0.308. The monoisotopic (exact) mass is 390 g/mol. The van der Waals surface area contributed by atoms with Crippen LogP contribution in [0.4, 0.5) is 0 Å². The number of unbranched alkanes of at least 4 members (excludes halogenated alkanes) is 3. The summed E-state index contributed by atoms with van der Waals surface area (Å²) >= 11 is 0. The zero-order chi connectivity index (χ0) is 19.1. The Bertz CT molecular complexity index is 330. The van der Waals surface area contributed by atoms with Gasteiger partial charge in [0.2, 0.25) is 0 Å². The molecular formula is C13H30NO8P2-3. The van der Waals surface area contributed by atoms with Gasteiger partial charge in [0.1, 0.15) is 0 Å². The van der Waals surface area contributed by atoms with Crippen LogP contribution in [-0.2, 0) is 18.2 Å². The Hall–Kier alpha value is 0.180. The van der Waals surface area contributed by atoms with E-state index in [-0.39, 0.29) is 0 Å². The van der Waals surface area contributed by atoms with Crippen LogP contribution in [0.15, 0.2) is 0 Å². The SMILES string of the molecule is CCCC[NH+](CCCC)CCCC.O=P([O-])([O-])OCOP(=O)([O-])[O-]. The van der Waals surface area contributed by atoms with Gasteiger partial charge < -0.3 is 42.7 Å². The van der Waals surface area contributed by atoms with Crippen molar-refractivity contribution in [2.45, 2.75) is 59.3 Å².